The first kappa shape index (κ1) is 23.3. The summed E-state index contributed by atoms with van der Waals surface area (Å²) in [7, 11) is 0. The Hall–Kier alpha value is -2.91. The summed E-state index contributed by atoms with van der Waals surface area (Å²) in [4.78, 5) is 13.3. The average molecular weight is 482 g/mol. The van der Waals surface area contributed by atoms with Gasteiger partial charge < -0.3 is 10.1 Å². The minimum absolute atomic E-state index is 0.437. The van der Waals surface area contributed by atoms with Crippen LogP contribution in [-0.4, -0.2) is 31.5 Å². The number of carbonyl (C=O) groups excluding carboxylic acids is 1. The van der Waals surface area contributed by atoms with Crippen LogP contribution in [0.2, 0.25) is 0 Å². The molecular weight excluding hydrogens is 454 g/mol. The van der Waals surface area contributed by atoms with E-state index in [4.69, 9.17) is 9.84 Å². The molecule has 0 spiro atoms. The maximum Gasteiger partial charge on any atom is 0.408 e. The van der Waals surface area contributed by atoms with Crippen LogP contribution in [0.3, 0.4) is 0 Å². The highest BCUT2D eigenvalue weighted by Crippen LogP contribution is 2.30. The summed E-state index contributed by atoms with van der Waals surface area (Å²) in [6.45, 7) is 7.63. The molecule has 7 nitrogen and oxygen atoms in total. The number of benzene rings is 2. The van der Waals surface area contributed by atoms with Crippen LogP contribution in [0.15, 0.2) is 58.9 Å². The van der Waals surface area contributed by atoms with Gasteiger partial charge in [-0.3, -0.25) is 0 Å². The van der Waals surface area contributed by atoms with Crippen molar-refractivity contribution in [3.05, 3.63) is 77.1 Å². The summed E-state index contributed by atoms with van der Waals surface area (Å²) in [5.74, 6) is 1.41. The molecule has 0 bridgehead atoms. The molecule has 1 atom stereocenters. The van der Waals surface area contributed by atoms with Gasteiger partial charge in [0.15, 0.2) is 10.2 Å². The van der Waals surface area contributed by atoms with Gasteiger partial charge >= 0.3 is 6.09 Å². The number of rotatable bonds is 7. The Labute approximate surface area is 201 Å². The zero-order valence-electron chi connectivity index (χ0n) is 19.1. The highest BCUT2D eigenvalue weighted by molar-refractivity contribution is 8.00. The number of thioether (sulfide) groups is 1. The summed E-state index contributed by atoms with van der Waals surface area (Å²) in [5.41, 5.74) is 3.02. The Balaban J connectivity index is 1.57. The van der Waals surface area contributed by atoms with E-state index in [9.17, 15) is 4.79 Å². The van der Waals surface area contributed by atoms with Gasteiger partial charge in [0, 0.05) is 12.2 Å². The maximum atomic E-state index is 12.6. The molecule has 33 heavy (non-hydrogen) atoms. The Morgan fingerprint density at radius 2 is 1.85 bits per heavy atom. The van der Waals surface area contributed by atoms with Crippen LogP contribution in [-0.2, 0) is 16.9 Å². The van der Waals surface area contributed by atoms with Crippen molar-refractivity contribution in [1.82, 2.24) is 25.1 Å². The normalized spacial score (nSPS) is 12.6. The topological polar surface area (TPSA) is 81.4 Å². The zero-order chi connectivity index (χ0) is 23.4. The smallest absolute Gasteiger partial charge is 0.408 e. The highest BCUT2D eigenvalue weighted by atomic mass is 32.2. The van der Waals surface area contributed by atoms with Crippen molar-refractivity contribution in [3.63, 3.8) is 0 Å². The number of ether oxygens (including phenoxy) is 1. The van der Waals surface area contributed by atoms with E-state index in [2.05, 4.69) is 40.6 Å². The fraction of sp³-hybridized carbons (Fsp3) is 0.333. The van der Waals surface area contributed by atoms with E-state index in [0.717, 1.165) is 15.7 Å². The third kappa shape index (κ3) is 6.11. The monoisotopic (exact) mass is 481 g/mol. The van der Waals surface area contributed by atoms with Gasteiger partial charge in [0.25, 0.3) is 0 Å². The third-order valence-corrected chi connectivity index (χ3v) is 6.98. The van der Waals surface area contributed by atoms with E-state index in [1.807, 2.05) is 57.2 Å². The molecule has 0 aliphatic heterocycles. The van der Waals surface area contributed by atoms with Crippen LogP contribution < -0.4 is 5.32 Å². The molecule has 172 valence electrons. The number of nitrogens with one attached hydrogen (secondary N) is 1. The molecule has 2 aromatic heterocycles. The molecule has 2 aromatic carbocycles. The van der Waals surface area contributed by atoms with Crippen LogP contribution in [0.5, 0.6) is 0 Å². The van der Waals surface area contributed by atoms with Gasteiger partial charge in [-0.05, 0) is 44.4 Å². The zero-order valence-corrected chi connectivity index (χ0v) is 20.7. The number of amides is 1. The standard InChI is InChI=1S/C24H27N5O2S2/c1-16-10-8-9-13-18(16)15-32-23-28-29-20(26-27-21(29)33-23)19(14-17-11-6-5-7-12-17)25-22(30)31-24(2,3)4/h5-13,19H,14-15H2,1-4H3,(H,25,30). The second-order valence-electron chi connectivity index (χ2n) is 8.72. The van der Waals surface area contributed by atoms with Crippen molar-refractivity contribution in [3.8, 4) is 0 Å². The Morgan fingerprint density at radius 1 is 1.12 bits per heavy atom. The molecule has 1 N–H and O–H groups in total. The van der Waals surface area contributed by atoms with Gasteiger partial charge in [0.1, 0.15) is 5.60 Å². The average Bonchev–Trinajstić information content (AvgIpc) is 3.32. The van der Waals surface area contributed by atoms with Crippen LogP contribution >= 0.6 is 23.1 Å². The quantitative estimate of drug-likeness (QED) is 0.346. The molecule has 4 rings (SSSR count). The number of aryl methyl sites for hydroxylation is 1. The van der Waals surface area contributed by atoms with E-state index in [1.54, 1.807) is 16.3 Å². The molecule has 1 amide bonds. The second-order valence-corrected chi connectivity index (χ2v) is 10.9. The van der Waals surface area contributed by atoms with Crippen molar-refractivity contribution < 1.29 is 9.53 Å². The Kier molecular flexibility index (Phi) is 6.99. The van der Waals surface area contributed by atoms with E-state index < -0.39 is 17.7 Å². The number of alkyl carbamates (subject to hydrolysis) is 1. The first-order valence-electron chi connectivity index (χ1n) is 10.7. The Bertz CT molecular complexity index is 1230. The summed E-state index contributed by atoms with van der Waals surface area (Å²) < 4.78 is 8.13. The molecule has 0 fully saturated rings. The molecule has 4 aromatic rings. The number of fused-ring (bicyclic) bond motifs is 1. The SMILES string of the molecule is Cc1ccccc1CSc1nn2c(C(Cc3ccccc3)NC(=O)OC(C)(C)C)nnc2s1. The highest BCUT2D eigenvalue weighted by Gasteiger charge is 2.26. The maximum absolute atomic E-state index is 12.6. The third-order valence-electron chi connectivity index (χ3n) is 4.89. The van der Waals surface area contributed by atoms with Crippen LogP contribution in [0.4, 0.5) is 4.79 Å². The van der Waals surface area contributed by atoms with Gasteiger partial charge in [-0.1, -0.05) is 77.7 Å². The van der Waals surface area contributed by atoms with E-state index in [1.165, 1.54) is 22.5 Å². The molecular formula is C24H27N5O2S2. The van der Waals surface area contributed by atoms with Crippen molar-refractivity contribution in [1.29, 1.82) is 0 Å². The van der Waals surface area contributed by atoms with Gasteiger partial charge in [0.05, 0.1) is 6.04 Å². The first-order valence-corrected chi connectivity index (χ1v) is 12.5. The lowest BCUT2D eigenvalue weighted by Gasteiger charge is -2.22. The number of carbonyl (C=O) groups is 1. The van der Waals surface area contributed by atoms with E-state index >= 15 is 0 Å². The summed E-state index contributed by atoms with van der Waals surface area (Å²) in [5, 5.41) is 16.4. The lowest BCUT2D eigenvalue weighted by atomic mass is 10.1. The fourth-order valence-corrected chi connectivity index (χ4v) is 5.27. The minimum atomic E-state index is -0.596. The molecule has 0 aliphatic rings. The van der Waals surface area contributed by atoms with Crippen LogP contribution in [0.1, 0.15) is 49.3 Å². The second kappa shape index (κ2) is 9.93. The number of hydrogen-bond donors (Lipinski definition) is 1. The molecule has 0 aliphatic carbocycles. The number of nitrogens with zero attached hydrogens (tertiary/aromatic N) is 4. The van der Waals surface area contributed by atoms with Gasteiger partial charge in [0.2, 0.25) is 4.96 Å². The first-order chi connectivity index (χ1) is 15.8. The predicted octanol–water partition coefficient (Wildman–Crippen LogP) is 5.60. The van der Waals surface area contributed by atoms with Crippen molar-refractivity contribution >= 4 is 34.2 Å². The molecule has 0 saturated carbocycles. The number of hydrogen-bond acceptors (Lipinski definition) is 7. The van der Waals surface area contributed by atoms with E-state index in [-0.39, 0.29) is 0 Å². The lowest BCUT2D eigenvalue weighted by molar-refractivity contribution is 0.0500. The van der Waals surface area contributed by atoms with E-state index in [0.29, 0.717) is 17.2 Å². The molecule has 9 heteroatoms. The summed E-state index contributed by atoms with van der Waals surface area (Å²) in [6, 6.07) is 17.9. The minimum Gasteiger partial charge on any atom is -0.444 e. The van der Waals surface area contributed by atoms with Gasteiger partial charge in [-0.2, -0.15) is 4.52 Å². The van der Waals surface area contributed by atoms with Crippen LogP contribution in [0.25, 0.3) is 4.96 Å². The van der Waals surface area contributed by atoms with Gasteiger partial charge in [-0.15, -0.1) is 15.3 Å². The van der Waals surface area contributed by atoms with Crippen molar-refractivity contribution in [2.75, 3.05) is 0 Å². The molecule has 2 heterocycles. The summed E-state index contributed by atoms with van der Waals surface area (Å²) >= 11 is 3.16. The summed E-state index contributed by atoms with van der Waals surface area (Å²) in [6.07, 6.45) is 0.0499. The molecule has 1 unspecified atom stereocenters. The largest absolute Gasteiger partial charge is 0.444 e. The van der Waals surface area contributed by atoms with Crippen molar-refractivity contribution in [2.24, 2.45) is 0 Å². The fourth-order valence-electron chi connectivity index (χ4n) is 3.31. The lowest BCUT2D eigenvalue weighted by Crippen LogP contribution is -2.36. The van der Waals surface area contributed by atoms with Crippen molar-refractivity contribution in [2.45, 2.75) is 55.9 Å². The molecule has 0 saturated heterocycles. The number of aromatic nitrogens is 4. The van der Waals surface area contributed by atoms with Gasteiger partial charge in [-0.25, -0.2) is 4.79 Å². The predicted molar refractivity (Wildman–Crippen MR) is 132 cm³/mol. The Morgan fingerprint density at radius 3 is 2.58 bits per heavy atom. The van der Waals surface area contributed by atoms with Crippen LogP contribution in [0, 0.1) is 6.92 Å². The molecule has 0 radical (unpaired) electrons.